The molecule has 0 aliphatic rings. The summed E-state index contributed by atoms with van der Waals surface area (Å²) >= 11 is 0. The molecular formula is C51H39N7O3Ru. The third kappa shape index (κ3) is 10.0. The number of hydrogen-bond acceptors (Lipinski definition) is 8. The number of benzene rings is 4. The Bertz CT molecular complexity index is 2950. The van der Waals surface area contributed by atoms with Crippen LogP contribution in [0, 0.1) is 0 Å². The van der Waals surface area contributed by atoms with Crippen LogP contribution < -0.4 is 5.32 Å². The van der Waals surface area contributed by atoms with Crippen molar-refractivity contribution in [2.45, 2.75) is 19.3 Å². The molecular weight excluding hydrogens is 860 g/mol. The van der Waals surface area contributed by atoms with Gasteiger partial charge in [0.05, 0.1) is 39.1 Å². The standard InChI is InChI=1S/C24H16N2.C17H15N3O3.C10H8N2.Ru/c1-3-7-17(8-4-1)19-13-15-25-23-21(19)11-12-22-20(14-16-26-24(22)23)18-9-5-2-6-10-18;21-14(6-1-7-15(22)23)20-13-10-11-4-2-8-18-16(11)17-12(13)5-3-9-19-17;1-3-7-11-9(5-1)10-6-2-4-8-12-10;/h1-16H;2-5,8-10H,1,6-7H2,(H,20,21)(H,22,23);1-8H;. The van der Waals surface area contributed by atoms with Gasteiger partial charge in [-0.3, -0.25) is 39.5 Å². The SMILES string of the molecule is O=C(O)CCCC(=O)Nc1cc2cccnc2c2ncccc12.[Ru].c1ccc(-c2ccccn2)nc1.c1ccc(-c2ccnc3c2ccc2c(-c4ccccc4)ccnc23)cc1. The number of carboxylic acid groups (broad SMARTS) is 1. The fourth-order valence-corrected chi connectivity index (χ4v) is 7.09. The molecule has 6 heterocycles. The number of nitrogens with one attached hydrogen (secondary N) is 1. The van der Waals surface area contributed by atoms with E-state index in [4.69, 9.17) is 5.11 Å². The first-order chi connectivity index (χ1) is 30.0. The fraction of sp³-hybridized carbons (Fsp3) is 0.0588. The average molecular weight is 899 g/mol. The molecule has 0 aliphatic heterocycles. The zero-order valence-corrected chi connectivity index (χ0v) is 35.1. The van der Waals surface area contributed by atoms with Gasteiger partial charge in [0, 0.05) is 91.0 Å². The van der Waals surface area contributed by atoms with Crippen LogP contribution in [0.1, 0.15) is 19.3 Å². The molecule has 0 bridgehead atoms. The Morgan fingerprint density at radius 1 is 0.452 bits per heavy atom. The number of aromatic nitrogens is 6. The van der Waals surface area contributed by atoms with Crippen LogP contribution >= 0.6 is 0 Å². The summed E-state index contributed by atoms with van der Waals surface area (Å²) in [6.07, 6.45) is 11.1. The average Bonchev–Trinajstić information content (AvgIpc) is 3.32. The number of carbonyl (C=O) groups excluding carboxylic acids is 1. The Morgan fingerprint density at radius 2 is 0.935 bits per heavy atom. The van der Waals surface area contributed by atoms with Gasteiger partial charge in [-0.25, -0.2) is 0 Å². The number of carbonyl (C=O) groups is 2. The number of pyridine rings is 6. The van der Waals surface area contributed by atoms with Crippen molar-refractivity contribution >= 4 is 61.2 Å². The Balaban J connectivity index is 0.000000147. The predicted octanol–water partition coefficient (Wildman–Crippen LogP) is 11.2. The van der Waals surface area contributed by atoms with E-state index < -0.39 is 5.97 Å². The molecule has 10 nitrogen and oxygen atoms in total. The van der Waals surface area contributed by atoms with Crippen LogP contribution in [0.5, 0.6) is 0 Å². The van der Waals surface area contributed by atoms with Crippen molar-refractivity contribution in [3.8, 4) is 33.6 Å². The molecule has 10 aromatic rings. The number of aliphatic carboxylic acids is 1. The van der Waals surface area contributed by atoms with Gasteiger partial charge in [-0.05, 0) is 89.3 Å². The predicted molar refractivity (Wildman–Crippen MR) is 243 cm³/mol. The van der Waals surface area contributed by atoms with Gasteiger partial charge in [0.2, 0.25) is 5.91 Å². The van der Waals surface area contributed by atoms with Crippen LogP contribution in [0.25, 0.3) is 77.3 Å². The van der Waals surface area contributed by atoms with Gasteiger partial charge in [0.25, 0.3) is 0 Å². The summed E-state index contributed by atoms with van der Waals surface area (Å²) in [5.41, 5.74) is 10.7. The fourth-order valence-electron chi connectivity index (χ4n) is 7.09. The van der Waals surface area contributed by atoms with E-state index >= 15 is 0 Å². The summed E-state index contributed by atoms with van der Waals surface area (Å²) < 4.78 is 0. The maximum Gasteiger partial charge on any atom is 0.303 e. The van der Waals surface area contributed by atoms with E-state index in [1.165, 1.54) is 22.3 Å². The van der Waals surface area contributed by atoms with E-state index in [0.29, 0.717) is 12.1 Å². The largest absolute Gasteiger partial charge is 0.481 e. The van der Waals surface area contributed by atoms with Gasteiger partial charge in [0.15, 0.2) is 0 Å². The Kier molecular flexibility index (Phi) is 14.1. The third-order valence-corrected chi connectivity index (χ3v) is 9.91. The normalized spacial score (nSPS) is 10.5. The molecule has 0 radical (unpaired) electrons. The first-order valence-corrected chi connectivity index (χ1v) is 19.8. The second kappa shape index (κ2) is 20.6. The summed E-state index contributed by atoms with van der Waals surface area (Å²) in [5.74, 6) is -1.11. The van der Waals surface area contributed by atoms with Crippen molar-refractivity contribution in [1.29, 1.82) is 0 Å². The topological polar surface area (TPSA) is 144 Å². The minimum Gasteiger partial charge on any atom is -0.481 e. The summed E-state index contributed by atoms with van der Waals surface area (Å²) in [4.78, 5) is 49.0. The van der Waals surface area contributed by atoms with Crippen molar-refractivity contribution < 1.29 is 34.2 Å². The molecule has 4 aromatic carbocycles. The first kappa shape index (κ1) is 42.5. The molecule has 0 atom stereocenters. The first-order valence-electron chi connectivity index (χ1n) is 19.8. The van der Waals surface area contributed by atoms with Crippen LogP contribution in [-0.4, -0.2) is 46.9 Å². The van der Waals surface area contributed by atoms with Crippen LogP contribution in [-0.2, 0) is 29.1 Å². The third-order valence-electron chi connectivity index (χ3n) is 9.91. The Labute approximate surface area is 370 Å². The molecule has 0 saturated heterocycles. The zero-order valence-electron chi connectivity index (χ0n) is 33.3. The summed E-state index contributed by atoms with van der Waals surface area (Å²) in [6.45, 7) is 0. The number of anilines is 1. The molecule has 62 heavy (non-hydrogen) atoms. The van der Waals surface area contributed by atoms with E-state index in [0.717, 1.165) is 55.0 Å². The van der Waals surface area contributed by atoms with E-state index in [-0.39, 0.29) is 38.2 Å². The molecule has 0 unspecified atom stereocenters. The maximum atomic E-state index is 12.0. The number of rotatable bonds is 8. The van der Waals surface area contributed by atoms with Crippen molar-refractivity contribution in [2.24, 2.45) is 0 Å². The number of hydrogen-bond donors (Lipinski definition) is 2. The molecule has 0 spiro atoms. The summed E-state index contributed by atoms with van der Waals surface area (Å²) in [6, 6.07) is 50.2. The Morgan fingerprint density at radius 3 is 1.47 bits per heavy atom. The molecule has 2 N–H and O–H groups in total. The van der Waals surface area contributed by atoms with Crippen molar-refractivity contribution in [2.75, 3.05) is 5.32 Å². The maximum absolute atomic E-state index is 12.0. The quantitative estimate of drug-likeness (QED) is 0.112. The molecule has 1 amide bonds. The second-order valence-corrected chi connectivity index (χ2v) is 13.9. The van der Waals surface area contributed by atoms with E-state index in [2.05, 4.69) is 108 Å². The summed E-state index contributed by atoms with van der Waals surface area (Å²) in [7, 11) is 0. The molecule has 11 heteroatoms. The molecule has 10 rings (SSSR count). The van der Waals surface area contributed by atoms with E-state index in [1.54, 1.807) is 30.9 Å². The van der Waals surface area contributed by atoms with E-state index in [9.17, 15) is 9.59 Å². The minimum absolute atomic E-state index is 0. The van der Waals surface area contributed by atoms with Gasteiger partial charge >= 0.3 is 5.97 Å². The smallest absolute Gasteiger partial charge is 0.303 e. The van der Waals surface area contributed by atoms with Crippen LogP contribution in [0.2, 0.25) is 0 Å². The zero-order chi connectivity index (χ0) is 41.8. The summed E-state index contributed by atoms with van der Waals surface area (Å²) in [5, 5.41) is 15.4. The van der Waals surface area contributed by atoms with Gasteiger partial charge < -0.3 is 10.4 Å². The molecule has 304 valence electrons. The van der Waals surface area contributed by atoms with Gasteiger partial charge in [-0.15, -0.1) is 0 Å². The molecule has 6 aromatic heterocycles. The number of fused-ring (bicyclic) bond motifs is 6. The minimum atomic E-state index is -0.899. The van der Waals surface area contributed by atoms with E-state index in [1.807, 2.05) is 85.2 Å². The number of carboxylic acids is 1. The van der Waals surface area contributed by atoms with Gasteiger partial charge in [0.1, 0.15) is 0 Å². The van der Waals surface area contributed by atoms with Crippen LogP contribution in [0.4, 0.5) is 5.69 Å². The van der Waals surface area contributed by atoms with Crippen LogP contribution in [0.15, 0.2) is 189 Å². The van der Waals surface area contributed by atoms with Crippen molar-refractivity contribution in [3.63, 3.8) is 0 Å². The van der Waals surface area contributed by atoms with Crippen LogP contribution in [0.3, 0.4) is 0 Å². The molecule has 0 saturated carbocycles. The monoisotopic (exact) mass is 899 g/mol. The second-order valence-electron chi connectivity index (χ2n) is 13.9. The number of amides is 1. The molecule has 0 fully saturated rings. The van der Waals surface area contributed by atoms with Gasteiger partial charge in [-0.2, -0.15) is 0 Å². The van der Waals surface area contributed by atoms with Gasteiger partial charge in [-0.1, -0.05) is 91.0 Å². The van der Waals surface area contributed by atoms with Crippen molar-refractivity contribution in [1.82, 2.24) is 29.9 Å². The Hall–Kier alpha value is -7.62. The molecule has 0 aliphatic carbocycles. The van der Waals surface area contributed by atoms with Crippen molar-refractivity contribution in [3.05, 3.63) is 189 Å². The number of nitrogens with zero attached hydrogens (tertiary/aromatic N) is 6.